The van der Waals surface area contributed by atoms with E-state index in [1.807, 2.05) is 19.9 Å². The first kappa shape index (κ1) is 14.1. The van der Waals surface area contributed by atoms with Crippen molar-refractivity contribution in [3.8, 4) is 5.75 Å². The number of aryl methyl sites for hydroxylation is 3. The van der Waals surface area contributed by atoms with Crippen molar-refractivity contribution < 1.29 is 9.63 Å². The summed E-state index contributed by atoms with van der Waals surface area (Å²) in [5, 5.41) is 17.8. The first-order valence-electron chi connectivity index (χ1n) is 7.46. The van der Waals surface area contributed by atoms with Crippen molar-refractivity contribution in [3.05, 3.63) is 45.8 Å². The highest BCUT2D eigenvalue weighted by Gasteiger charge is 2.32. The van der Waals surface area contributed by atoms with E-state index < -0.39 is 0 Å². The molecule has 1 aromatic heterocycles. The molecule has 0 saturated heterocycles. The fraction of sp³-hybridized carbons (Fsp3) is 0.471. The number of aromatic hydroxyl groups is 1. The Morgan fingerprint density at radius 2 is 2.05 bits per heavy atom. The Kier molecular flexibility index (Phi) is 3.49. The molecule has 3 rings (SSSR count). The van der Waals surface area contributed by atoms with Crippen molar-refractivity contribution in [3.63, 3.8) is 0 Å². The van der Waals surface area contributed by atoms with Crippen LogP contribution in [0.15, 0.2) is 16.7 Å². The zero-order chi connectivity index (χ0) is 15.1. The van der Waals surface area contributed by atoms with Gasteiger partial charge in [0.2, 0.25) is 0 Å². The van der Waals surface area contributed by atoms with E-state index in [1.165, 1.54) is 11.1 Å². The maximum absolute atomic E-state index is 10.2. The predicted octanol–water partition coefficient (Wildman–Crippen LogP) is 3.64. The monoisotopic (exact) mass is 286 g/mol. The minimum atomic E-state index is 0.184. The molecule has 2 atom stereocenters. The minimum Gasteiger partial charge on any atom is -0.508 e. The minimum absolute atomic E-state index is 0.184. The van der Waals surface area contributed by atoms with Gasteiger partial charge >= 0.3 is 0 Å². The number of phenols is 1. The second-order valence-electron chi connectivity index (χ2n) is 6.10. The molecule has 1 aliphatic carbocycles. The third kappa shape index (κ3) is 2.33. The number of rotatable bonds is 3. The molecule has 4 heteroatoms. The maximum atomic E-state index is 10.2. The van der Waals surface area contributed by atoms with Crippen LogP contribution in [-0.4, -0.2) is 10.3 Å². The molecule has 2 N–H and O–H groups in total. The molecule has 4 nitrogen and oxygen atoms in total. The average molecular weight is 286 g/mol. The number of nitrogens with one attached hydrogen (secondary N) is 1. The van der Waals surface area contributed by atoms with Crippen LogP contribution < -0.4 is 5.32 Å². The maximum Gasteiger partial charge on any atom is 0.138 e. The number of hydrogen-bond donors (Lipinski definition) is 2. The summed E-state index contributed by atoms with van der Waals surface area (Å²) in [5.74, 6) is 1.73. The molecule has 0 aliphatic heterocycles. The van der Waals surface area contributed by atoms with Gasteiger partial charge in [-0.25, -0.2) is 0 Å². The lowest BCUT2D eigenvalue weighted by molar-refractivity contribution is 0.391. The van der Waals surface area contributed by atoms with Crippen LogP contribution in [0.4, 0.5) is 0 Å². The van der Waals surface area contributed by atoms with Crippen LogP contribution in [0.2, 0.25) is 0 Å². The summed E-state index contributed by atoms with van der Waals surface area (Å²) in [4.78, 5) is 0. The molecule has 2 aromatic rings. The fourth-order valence-electron chi connectivity index (χ4n) is 3.51. The predicted molar refractivity (Wildman–Crippen MR) is 81.4 cm³/mol. The van der Waals surface area contributed by atoms with E-state index in [2.05, 4.69) is 24.3 Å². The third-order valence-electron chi connectivity index (χ3n) is 4.62. The number of fused-ring (bicyclic) bond motifs is 1. The molecule has 1 aromatic carbocycles. The SMILES string of the molecule is Cc1ccc(O)c2c1C(C)CC2NCc1c(C)noc1C. The molecule has 1 heterocycles. The Bertz CT molecular complexity index is 656. The van der Waals surface area contributed by atoms with Gasteiger partial charge in [-0.2, -0.15) is 0 Å². The lowest BCUT2D eigenvalue weighted by atomic mass is 9.97. The van der Waals surface area contributed by atoms with Crippen molar-refractivity contribution in [2.45, 2.75) is 52.6 Å². The van der Waals surface area contributed by atoms with Gasteiger partial charge < -0.3 is 14.9 Å². The summed E-state index contributed by atoms with van der Waals surface area (Å²) < 4.78 is 5.20. The summed E-state index contributed by atoms with van der Waals surface area (Å²) in [6, 6.07) is 3.99. The molecule has 0 spiro atoms. The standard InChI is InChI=1S/C17H22N2O2/c1-9-5-6-15(20)17-14(7-10(2)16(9)17)18-8-13-11(3)19-21-12(13)4/h5-6,10,14,18,20H,7-8H2,1-4H3. The first-order chi connectivity index (χ1) is 9.99. The Hall–Kier alpha value is -1.81. The van der Waals surface area contributed by atoms with Gasteiger partial charge in [0.15, 0.2) is 0 Å². The van der Waals surface area contributed by atoms with E-state index >= 15 is 0 Å². The number of benzene rings is 1. The van der Waals surface area contributed by atoms with Gasteiger partial charge in [-0.05, 0) is 50.3 Å². The molecule has 21 heavy (non-hydrogen) atoms. The molecule has 112 valence electrons. The fourth-order valence-corrected chi connectivity index (χ4v) is 3.51. The lowest BCUT2D eigenvalue weighted by Crippen LogP contribution is -2.19. The molecule has 2 unspecified atom stereocenters. The van der Waals surface area contributed by atoms with Gasteiger partial charge in [-0.3, -0.25) is 0 Å². The van der Waals surface area contributed by atoms with E-state index in [9.17, 15) is 5.11 Å². The van der Waals surface area contributed by atoms with E-state index in [1.54, 1.807) is 6.07 Å². The lowest BCUT2D eigenvalue weighted by Gasteiger charge is -2.15. The second kappa shape index (κ2) is 5.19. The summed E-state index contributed by atoms with van der Waals surface area (Å²) in [6.45, 7) is 8.95. The molecule has 0 bridgehead atoms. The van der Waals surface area contributed by atoms with E-state index in [4.69, 9.17) is 4.52 Å². The second-order valence-corrected chi connectivity index (χ2v) is 6.10. The largest absolute Gasteiger partial charge is 0.508 e. The summed E-state index contributed by atoms with van der Waals surface area (Å²) >= 11 is 0. The molecule has 0 saturated carbocycles. The quantitative estimate of drug-likeness (QED) is 0.904. The van der Waals surface area contributed by atoms with Crippen LogP contribution in [0.3, 0.4) is 0 Å². The van der Waals surface area contributed by atoms with Gasteiger partial charge in [0, 0.05) is 23.7 Å². The summed E-state index contributed by atoms with van der Waals surface area (Å²) in [5.41, 5.74) is 5.67. The van der Waals surface area contributed by atoms with Gasteiger partial charge in [0.1, 0.15) is 11.5 Å². The van der Waals surface area contributed by atoms with Gasteiger partial charge in [-0.1, -0.05) is 18.1 Å². The topological polar surface area (TPSA) is 58.3 Å². The van der Waals surface area contributed by atoms with Crippen LogP contribution in [0, 0.1) is 20.8 Å². The van der Waals surface area contributed by atoms with Gasteiger partial charge in [0.05, 0.1) is 5.69 Å². The number of nitrogens with zero attached hydrogens (tertiary/aromatic N) is 1. The van der Waals surface area contributed by atoms with Crippen molar-refractivity contribution in [1.82, 2.24) is 10.5 Å². The molecular weight excluding hydrogens is 264 g/mol. The van der Waals surface area contributed by atoms with Crippen LogP contribution >= 0.6 is 0 Å². The summed E-state index contributed by atoms with van der Waals surface area (Å²) in [6.07, 6.45) is 1.01. The van der Waals surface area contributed by atoms with Crippen molar-refractivity contribution in [2.75, 3.05) is 0 Å². The average Bonchev–Trinajstić information content (AvgIpc) is 2.94. The first-order valence-corrected chi connectivity index (χ1v) is 7.46. The van der Waals surface area contributed by atoms with E-state index in [0.29, 0.717) is 18.2 Å². The smallest absolute Gasteiger partial charge is 0.138 e. The Labute approximate surface area is 125 Å². The van der Waals surface area contributed by atoms with Crippen LogP contribution in [0.1, 0.15) is 59.0 Å². The van der Waals surface area contributed by atoms with E-state index in [-0.39, 0.29) is 6.04 Å². The third-order valence-corrected chi connectivity index (χ3v) is 4.62. The van der Waals surface area contributed by atoms with Crippen LogP contribution in [0.5, 0.6) is 5.75 Å². The van der Waals surface area contributed by atoms with E-state index in [0.717, 1.165) is 29.0 Å². The summed E-state index contributed by atoms with van der Waals surface area (Å²) in [7, 11) is 0. The Morgan fingerprint density at radius 1 is 1.29 bits per heavy atom. The number of phenolic OH excluding ortho intramolecular Hbond substituents is 1. The molecule has 0 radical (unpaired) electrons. The van der Waals surface area contributed by atoms with Crippen LogP contribution in [-0.2, 0) is 6.54 Å². The molecule has 0 amide bonds. The zero-order valence-electron chi connectivity index (χ0n) is 13.0. The Balaban J connectivity index is 1.85. The van der Waals surface area contributed by atoms with Gasteiger partial charge in [-0.15, -0.1) is 0 Å². The Morgan fingerprint density at radius 3 is 2.71 bits per heavy atom. The molecule has 0 fully saturated rings. The highest BCUT2D eigenvalue weighted by atomic mass is 16.5. The number of aromatic nitrogens is 1. The van der Waals surface area contributed by atoms with Crippen LogP contribution in [0.25, 0.3) is 0 Å². The number of hydrogen-bond acceptors (Lipinski definition) is 4. The van der Waals surface area contributed by atoms with Crippen molar-refractivity contribution >= 4 is 0 Å². The van der Waals surface area contributed by atoms with Crippen molar-refractivity contribution in [1.29, 1.82) is 0 Å². The van der Waals surface area contributed by atoms with Crippen molar-refractivity contribution in [2.24, 2.45) is 0 Å². The zero-order valence-corrected chi connectivity index (χ0v) is 13.0. The molecular formula is C17H22N2O2. The highest BCUT2D eigenvalue weighted by Crippen LogP contribution is 2.46. The normalized spacial score (nSPS) is 20.8. The molecule has 1 aliphatic rings. The van der Waals surface area contributed by atoms with Gasteiger partial charge in [0.25, 0.3) is 0 Å². The highest BCUT2D eigenvalue weighted by molar-refractivity contribution is 5.50.